The number of carbonyl (C=O) groups excluding carboxylic acids is 1. The Balaban J connectivity index is 2.00. The molecule has 0 bridgehead atoms. The van der Waals surface area contributed by atoms with Gasteiger partial charge in [-0.05, 0) is 41.7 Å². The zero-order valence-corrected chi connectivity index (χ0v) is 16.3. The standard InChI is InChI=1S/C23H30O3/c1-5-19(6-2)22(17(3)4)23(24)25-16-18-11-10-14-21(15-18)26-20-12-8-7-9-13-20/h7-15,17,19,22H,5-6,16H2,1-4H3. The van der Waals surface area contributed by atoms with Crippen LogP contribution in [0.3, 0.4) is 0 Å². The second kappa shape index (κ2) is 10.0. The van der Waals surface area contributed by atoms with E-state index in [9.17, 15) is 4.79 Å². The molecule has 0 amide bonds. The van der Waals surface area contributed by atoms with Crippen LogP contribution in [-0.4, -0.2) is 5.97 Å². The van der Waals surface area contributed by atoms with Crippen molar-refractivity contribution in [3.8, 4) is 11.5 Å². The number of esters is 1. The van der Waals surface area contributed by atoms with E-state index in [-0.39, 0.29) is 24.4 Å². The molecule has 0 spiro atoms. The molecule has 0 saturated carbocycles. The molecule has 0 fully saturated rings. The molecule has 0 aliphatic rings. The lowest BCUT2D eigenvalue weighted by Crippen LogP contribution is -2.29. The Labute approximate surface area is 157 Å². The van der Waals surface area contributed by atoms with Gasteiger partial charge in [0.05, 0.1) is 5.92 Å². The molecule has 0 N–H and O–H groups in total. The quantitative estimate of drug-likeness (QED) is 0.501. The Morgan fingerprint density at radius 3 is 2.19 bits per heavy atom. The van der Waals surface area contributed by atoms with Crippen LogP contribution in [0.25, 0.3) is 0 Å². The summed E-state index contributed by atoms with van der Waals surface area (Å²) in [6, 6.07) is 17.3. The van der Waals surface area contributed by atoms with Crippen molar-refractivity contribution < 1.29 is 14.3 Å². The molecule has 2 aromatic rings. The van der Waals surface area contributed by atoms with Crippen molar-refractivity contribution in [3.63, 3.8) is 0 Å². The molecule has 0 radical (unpaired) electrons. The zero-order valence-electron chi connectivity index (χ0n) is 16.3. The van der Waals surface area contributed by atoms with Crippen molar-refractivity contribution in [3.05, 3.63) is 60.2 Å². The molecule has 0 aliphatic heterocycles. The Bertz CT molecular complexity index is 675. The Hall–Kier alpha value is -2.29. The van der Waals surface area contributed by atoms with Gasteiger partial charge in [0, 0.05) is 0 Å². The van der Waals surface area contributed by atoms with Gasteiger partial charge in [-0.2, -0.15) is 0 Å². The van der Waals surface area contributed by atoms with Gasteiger partial charge in [-0.15, -0.1) is 0 Å². The van der Waals surface area contributed by atoms with Gasteiger partial charge >= 0.3 is 5.97 Å². The highest BCUT2D eigenvalue weighted by molar-refractivity contribution is 5.73. The largest absolute Gasteiger partial charge is 0.461 e. The van der Waals surface area contributed by atoms with Crippen LogP contribution in [0.1, 0.15) is 46.1 Å². The molecular formula is C23H30O3. The molecule has 0 aromatic heterocycles. The van der Waals surface area contributed by atoms with Crippen LogP contribution in [0.2, 0.25) is 0 Å². The number of para-hydroxylation sites is 1. The Morgan fingerprint density at radius 1 is 0.923 bits per heavy atom. The molecular weight excluding hydrogens is 324 g/mol. The van der Waals surface area contributed by atoms with Gasteiger partial charge < -0.3 is 9.47 Å². The van der Waals surface area contributed by atoms with Crippen LogP contribution in [0.5, 0.6) is 11.5 Å². The topological polar surface area (TPSA) is 35.5 Å². The number of hydrogen-bond acceptors (Lipinski definition) is 3. The monoisotopic (exact) mass is 354 g/mol. The van der Waals surface area contributed by atoms with Crippen LogP contribution in [-0.2, 0) is 16.1 Å². The van der Waals surface area contributed by atoms with Gasteiger partial charge in [0.15, 0.2) is 0 Å². The number of rotatable bonds is 9. The van der Waals surface area contributed by atoms with Crippen molar-refractivity contribution in [1.29, 1.82) is 0 Å². The average molecular weight is 354 g/mol. The lowest BCUT2D eigenvalue weighted by Gasteiger charge is -2.26. The van der Waals surface area contributed by atoms with E-state index >= 15 is 0 Å². The van der Waals surface area contributed by atoms with Gasteiger partial charge in [0.1, 0.15) is 18.1 Å². The summed E-state index contributed by atoms with van der Waals surface area (Å²) in [5.41, 5.74) is 0.929. The van der Waals surface area contributed by atoms with Gasteiger partial charge in [-0.25, -0.2) is 0 Å². The maximum absolute atomic E-state index is 12.6. The third-order valence-corrected chi connectivity index (χ3v) is 4.81. The number of ether oxygens (including phenoxy) is 2. The summed E-state index contributed by atoms with van der Waals surface area (Å²) in [7, 11) is 0. The van der Waals surface area contributed by atoms with Gasteiger partial charge in [0.25, 0.3) is 0 Å². The third kappa shape index (κ3) is 5.62. The first-order valence-corrected chi connectivity index (χ1v) is 9.53. The van der Waals surface area contributed by atoms with Crippen molar-refractivity contribution in [2.45, 2.75) is 47.1 Å². The van der Waals surface area contributed by atoms with E-state index in [1.54, 1.807) is 0 Å². The summed E-state index contributed by atoms with van der Waals surface area (Å²) < 4.78 is 11.5. The fourth-order valence-corrected chi connectivity index (χ4v) is 3.38. The van der Waals surface area contributed by atoms with Crippen LogP contribution in [0, 0.1) is 17.8 Å². The fourth-order valence-electron chi connectivity index (χ4n) is 3.38. The van der Waals surface area contributed by atoms with E-state index in [0.29, 0.717) is 5.92 Å². The molecule has 3 heteroatoms. The highest BCUT2D eigenvalue weighted by Crippen LogP contribution is 2.28. The highest BCUT2D eigenvalue weighted by atomic mass is 16.5. The minimum Gasteiger partial charge on any atom is -0.461 e. The summed E-state index contributed by atoms with van der Waals surface area (Å²) in [4.78, 5) is 12.6. The van der Waals surface area contributed by atoms with Crippen LogP contribution in [0.15, 0.2) is 54.6 Å². The van der Waals surface area contributed by atoms with E-state index in [4.69, 9.17) is 9.47 Å². The Morgan fingerprint density at radius 2 is 1.58 bits per heavy atom. The SMILES string of the molecule is CCC(CC)C(C(=O)OCc1cccc(Oc2ccccc2)c1)C(C)C. The molecule has 3 nitrogen and oxygen atoms in total. The third-order valence-electron chi connectivity index (χ3n) is 4.81. The summed E-state index contributed by atoms with van der Waals surface area (Å²) in [6.45, 7) is 8.74. The van der Waals surface area contributed by atoms with Crippen molar-refractivity contribution in [2.75, 3.05) is 0 Å². The van der Waals surface area contributed by atoms with E-state index in [1.165, 1.54) is 0 Å². The second-order valence-electron chi connectivity index (χ2n) is 7.02. The fraction of sp³-hybridized carbons (Fsp3) is 0.435. The predicted octanol–water partition coefficient (Wildman–Crippen LogP) is 6.23. The predicted molar refractivity (Wildman–Crippen MR) is 105 cm³/mol. The molecule has 2 rings (SSSR count). The first-order valence-electron chi connectivity index (χ1n) is 9.53. The van der Waals surface area contributed by atoms with Crippen LogP contribution in [0.4, 0.5) is 0 Å². The highest BCUT2D eigenvalue weighted by Gasteiger charge is 2.30. The molecule has 26 heavy (non-hydrogen) atoms. The summed E-state index contributed by atoms with van der Waals surface area (Å²) in [5.74, 6) is 2.03. The number of benzene rings is 2. The molecule has 1 unspecified atom stereocenters. The normalized spacial score (nSPS) is 12.2. The van der Waals surface area contributed by atoms with E-state index in [1.807, 2.05) is 54.6 Å². The van der Waals surface area contributed by atoms with Gasteiger partial charge in [0.2, 0.25) is 0 Å². The van der Waals surface area contributed by atoms with Crippen molar-refractivity contribution in [2.24, 2.45) is 17.8 Å². The summed E-state index contributed by atoms with van der Waals surface area (Å²) >= 11 is 0. The van der Waals surface area contributed by atoms with E-state index in [0.717, 1.165) is 29.9 Å². The molecule has 0 heterocycles. The van der Waals surface area contributed by atoms with Crippen molar-refractivity contribution >= 4 is 5.97 Å². The van der Waals surface area contributed by atoms with Crippen molar-refractivity contribution in [1.82, 2.24) is 0 Å². The number of hydrogen-bond donors (Lipinski definition) is 0. The molecule has 1 atom stereocenters. The first kappa shape index (κ1) is 20.0. The number of carbonyl (C=O) groups is 1. The second-order valence-corrected chi connectivity index (χ2v) is 7.02. The lowest BCUT2D eigenvalue weighted by atomic mass is 9.80. The summed E-state index contributed by atoms with van der Waals surface area (Å²) in [5, 5.41) is 0. The molecule has 2 aromatic carbocycles. The average Bonchev–Trinajstić information content (AvgIpc) is 2.65. The van der Waals surface area contributed by atoms with Crippen LogP contribution >= 0.6 is 0 Å². The van der Waals surface area contributed by atoms with E-state index in [2.05, 4.69) is 27.7 Å². The minimum atomic E-state index is -0.0944. The van der Waals surface area contributed by atoms with E-state index < -0.39 is 0 Å². The smallest absolute Gasteiger partial charge is 0.309 e. The summed E-state index contributed by atoms with van der Waals surface area (Å²) in [6.07, 6.45) is 1.99. The van der Waals surface area contributed by atoms with Crippen LogP contribution < -0.4 is 4.74 Å². The molecule has 140 valence electrons. The zero-order chi connectivity index (χ0) is 18.9. The molecule has 0 aliphatic carbocycles. The molecule has 0 saturated heterocycles. The lowest BCUT2D eigenvalue weighted by molar-refractivity contribution is -0.154. The minimum absolute atomic E-state index is 0.0475. The maximum Gasteiger partial charge on any atom is 0.309 e. The van der Waals surface area contributed by atoms with Gasteiger partial charge in [-0.3, -0.25) is 4.79 Å². The first-order chi connectivity index (χ1) is 12.5. The maximum atomic E-state index is 12.6. The van der Waals surface area contributed by atoms with Gasteiger partial charge in [-0.1, -0.05) is 70.9 Å². The Kier molecular flexibility index (Phi) is 7.71.